The third-order valence-corrected chi connectivity index (χ3v) is 3.35. The van der Waals surface area contributed by atoms with E-state index in [2.05, 4.69) is 5.32 Å². The average Bonchev–Trinajstić information content (AvgIpc) is 2.71. The number of anilines is 1. The van der Waals surface area contributed by atoms with Gasteiger partial charge < -0.3 is 20.7 Å². The van der Waals surface area contributed by atoms with Gasteiger partial charge in [0, 0.05) is 24.9 Å². The van der Waals surface area contributed by atoms with Gasteiger partial charge in [-0.1, -0.05) is 6.92 Å². The van der Waals surface area contributed by atoms with Crippen LogP contribution in [0.25, 0.3) is 0 Å². The Morgan fingerprint density at radius 3 is 2.72 bits per heavy atom. The van der Waals surface area contributed by atoms with E-state index in [4.69, 9.17) is 10.8 Å². The number of nitrogen functional groups attached to an aromatic ring is 1. The largest absolute Gasteiger partial charge is 0.397 e. The fourth-order valence-corrected chi connectivity index (χ4v) is 1.90. The molecular formula is C13H23N3O2. The number of amides is 1. The average molecular weight is 253 g/mol. The summed E-state index contributed by atoms with van der Waals surface area (Å²) in [5.41, 5.74) is 6.47. The molecule has 0 fully saturated rings. The molecule has 0 spiro atoms. The van der Waals surface area contributed by atoms with Crippen molar-refractivity contribution in [3.63, 3.8) is 0 Å². The van der Waals surface area contributed by atoms with Crippen LogP contribution in [0, 0.1) is 0 Å². The van der Waals surface area contributed by atoms with Crippen LogP contribution in [-0.2, 0) is 6.54 Å². The molecule has 5 nitrogen and oxygen atoms in total. The number of nitrogens with two attached hydrogens (primary N) is 1. The Hall–Kier alpha value is -1.49. The summed E-state index contributed by atoms with van der Waals surface area (Å²) in [6, 6.07) is 1.67. The van der Waals surface area contributed by atoms with Crippen molar-refractivity contribution in [3.8, 4) is 0 Å². The van der Waals surface area contributed by atoms with Crippen molar-refractivity contribution in [2.24, 2.45) is 0 Å². The molecule has 18 heavy (non-hydrogen) atoms. The van der Waals surface area contributed by atoms with E-state index in [9.17, 15) is 4.79 Å². The lowest BCUT2D eigenvalue weighted by atomic mass is 9.95. The van der Waals surface area contributed by atoms with E-state index < -0.39 is 0 Å². The number of nitrogens with zero attached hydrogens (tertiary/aromatic N) is 1. The molecule has 1 atom stereocenters. The number of carbonyl (C=O) groups excluding carboxylic acids is 1. The van der Waals surface area contributed by atoms with Gasteiger partial charge in [0.15, 0.2) is 0 Å². The number of carbonyl (C=O) groups is 1. The second-order valence-corrected chi connectivity index (χ2v) is 4.79. The van der Waals surface area contributed by atoms with E-state index in [-0.39, 0.29) is 18.1 Å². The van der Waals surface area contributed by atoms with E-state index in [1.54, 1.807) is 12.3 Å². The maximum atomic E-state index is 12.2. The van der Waals surface area contributed by atoms with Crippen LogP contribution in [0.4, 0.5) is 5.69 Å². The first kappa shape index (κ1) is 14.6. The normalized spacial score (nSPS) is 14.2. The van der Waals surface area contributed by atoms with Crippen molar-refractivity contribution in [1.29, 1.82) is 0 Å². The van der Waals surface area contributed by atoms with E-state index in [1.165, 1.54) is 0 Å². The van der Waals surface area contributed by atoms with Crippen LogP contribution in [-0.4, -0.2) is 27.7 Å². The summed E-state index contributed by atoms with van der Waals surface area (Å²) in [5, 5.41) is 12.0. The van der Waals surface area contributed by atoms with Crippen LogP contribution < -0.4 is 11.1 Å². The van der Waals surface area contributed by atoms with E-state index >= 15 is 0 Å². The zero-order valence-electron chi connectivity index (χ0n) is 11.4. The first-order valence-electron chi connectivity index (χ1n) is 6.34. The molecule has 0 saturated heterocycles. The number of aryl methyl sites for hydroxylation is 1. The molecule has 5 heteroatoms. The minimum absolute atomic E-state index is 0.0571. The van der Waals surface area contributed by atoms with Gasteiger partial charge in [-0.15, -0.1) is 0 Å². The molecule has 1 heterocycles. The van der Waals surface area contributed by atoms with Gasteiger partial charge >= 0.3 is 0 Å². The summed E-state index contributed by atoms with van der Waals surface area (Å²) < 4.78 is 1.82. The zero-order valence-corrected chi connectivity index (χ0v) is 11.4. The maximum Gasteiger partial charge on any atom is 0.268 e. The van der Waals surface area contributed by atoms with E-state index in [0.29, 0.717) is 24.3 Å². The molecule has 1 rings (SSSR count). The van der Waals surface area contributed by atoms with E-state index in [1.807, 2.05) is 25.3 Å². The van der Waals surface area contributed by atoms with Crippen LogP contribution in [0.5, 0.6) is 0 Å². The van der Waals surface area contributed by atoms with Gasteiger partial charge in [0.25, 0.3) is 5.91 Å². The molecule has 1 aromatic heterocycles. The molecule has 1 amide bonds. The van der Waals surface area contributed by atoms with Gasteiger partial charge in [-0.2, -0.15) is 0 Å². The van der Waals surface area contributed by atoms with Gasteiger partial charge in [-0.3, -0.25) is 4.79 Å². The highest BCUT2D eigenvalue weighted by Gasteiger charge is 2.25. The highest BCUT2D eigenvalue weighted by atomic mass is 16.3. The topological polar surface area (TPSA) is 80.3 Å². The molecule has 0 aliphatic rings. The summed E-state index contributed by atoms with van der Waals surface area (Å²) in [7, 11) is 0. The summed E-state index contributed by atoms with van der Waals surface area (Å²) in [6.45, 7) is 6.64. The molecule has 0 aromatic carbocycles. The first-order chi connectivity index (χ1) is 8.45. The number of hydrogen-bond acceptors (Lipinski definition) is 3. The number of nitrogens with one attached hydrogen (secondary N) is 1. The SMILES string of the molecule is CCn1cc(N)cc1C(=O)NC(C)(CC)CCO. The Morgan fingerprint density at radius 1 is 1.56 bits per heavy atom. The van der Waals surface area contributed by atoms with E-state index in [0.717, 1.165) is 6.42 Å². The van der Waals surface area contributed by atoms with Crippen LogP contribution in [0.3, 0.4) is 0 Å². The maximum absolute atomic E-state index is 12.2. The molecule has 102 valence electrons. The summed E-state index contributed by atoms with van der Waals surface area (Å²) in [6.07, 6.45) is 3.06. The third kappa shape index (κ3) is 3.26. The van der Waals surface area contributed by atoms with Crippen LogP contribution >= 0.6 is 0 Å². The first-order valence-corrected chi connectivity index (χ1v) is 6.34. The fraction of sp³-hybridized carbons (Fsp3) is 0.615. The summed E-state index contributed by atoms with van der Waals surface area (Å²) >= 11 is 0. The Labute approximate surface area is 108 Å². The number of aromatic nitrogens is 1. The fourth-order valence-electron chi connectivity index (χ4n) is 1.90. The predicted molar refractivity (Wildman–Crippen MR) is 72.4 cm³/mol. The summed E-state index contributed by atoms with van der Waals surface area (Å²) in [5.74, 6) is -0.147. The lowest BCUT2D eigenvalue weighted by Crippen LogP contribution is -2.46. The van der Waals surface area contributed by atoms with Gasteiger partial charge in [0.05, 0.1) is 5.69 Å². The van der Waals surface area contributed by atoms with Crippen molar-refractivity contribution < 1.29 is 9.90 Å². The monoisotopic (exact) mass is 253 g/mol. The van der Waals surface area contributed by atoms with Crippen molar-refractivity contribution in [3.05, 3.63) is 18.0 Å². The Kier molecular flexibility index (Phi) is 4.78. The third-order valence-electron chi connectivity index (χ3n) is 3.35. The van der Waals surface area contributed by atoms with Gasteiger partial charge in [0.2, 0.25) is 0 Å². The highest BCUT2D eigenvalue weighted by molar-refractivity contribution is 5.94. The quantitative estimate of drug-likeness (QED) is 0.716. The predicted octanol–water partition coefficient (Wildman–Crippen LogP) is 1.37. The molecular weight excluding hydrogens is 230 g/mol. The van der Waals surface area contributed by atoms with Crippen molar-refractivity contribution >= 4 is 11.6 Å². The van der Waals surface area contributed by atoms with Gasteiger partial charge in [0.1, 0.15) is 5.69 Å². The molecule has 4 N–H and O–H groups in total. The smallest absolute Gasteiger partial charge is 0.268 e. The summed E-state index contributed by atoms with van der Waals surface area (Å²) in [4.78, 5) is 12.2. The number of hydrogen-bond donors (Lipinski definition) is 3. The Bertz CT molecular complexity index is 414. The molecule has 0 radical (unpaired) electrons. The Morgan fingerprint density at radius 2 is 2.22 bits per heavy atom. The lowest BCUT2D eigenvalue weighted by molar-refractivity contribution is 0.0876. The second kappa shape index (κ2) is 5.91. The van der Waals surface area contributed by atoms with Crippen molar-refractivity contribution in [2.45, 2.75) is 45.7 Å². The standard InChI is InChI=1S/C13H23N3O2/c1-4-13(3,6-7-17)15-12(18)11-8-10(14)9-16(11)5-2/h8-9,17H,4-7,14H2,1-3H3,(H,15,18). The molecule has 0 saturated carbocycles. The van der Waals surface area contributed by atoms with Gasteiger partial charge in [-0.05, 0) is 32.8 Å². The molecule has 1 unspecified atom stereocenters. The second-order valence-electron chi connectivity index (χ2n) is 4.79. The molecule has 1 aromatic rings. The minimum atomic E-state index is -0.385. The number of rotatable bonds is 6. The van der Waals surface area contributed by atoms with Crippen LogP contribution in [0.1, 0.15) is 44.1 Å². The highest BCUT2D eigenvalue weighted by Crippen LogP contribution is 2.17. The minimum Gasteiger partial charge on any atom is -0.397 e. The molecule has 0 bridgehead atoms. The van der Waals surface area contributed by atoms with Crippen LogP contribution in [0.2, 0.25) is 0 Å². The van der Waals surface area contributed by atoms with Crippen LogP contribution in [0.15, 0.2) is 12.3 Å². The molecule has 0 aliphatic carbocycles. The Balaban J connectivity index is 2.87. The zero-order chi connectivity index (χ0) is 13.8. The molecule has 0 aliphatic heterocycles. The lowest BCUT2D eigenvalue weighted by Gasteiger charge is -2.29. The number of aliphatic hydroxyl groups excluding tert-OH is 1. The number of aliphatic hydroxyl groups is 1. The van der Waals surface area contributed by atoms with Gasteiger partial charge in [-0.25, -0.2) is 0 Å². The van der Waals surface area contributed by atoms with Crippen molar-refractivity contribution in [1.82, 2.24) is 9.88 Å². The van der Waals surface area contributed by atoms with Crippen molar-refractivity contribution in [2.75, 3.05) is 12.3 Å².